The van der Waals surface area contributed by atoms with Crippen molar-refractivity contribution in [1.82, 2.24) is 25.2 Å². The largest absolute Gasteiger partial charge is 0.396 e. The Morgan fingerprint density at radius 1 is 1.21 bits per heavy atom. The fourth-order valence-electron chi connectivity index (χ4n) is 4.13. The number of aliphatic imine (C=N–C) groups is 1. The van der Waals surface area contributed by atoms with Gasteiger partial charge in [-0.2, -0.15) is 0 Å². The predicted molar refractivity (Wildman–Crippen MR) is 128 cm³/mol. The van der Waals surface area contributed by atoms with Gasteiger partial charge in [0.25, 0.3) is 0 Å². The van der Waals surface area contributed by atoms with E-state index in [9.17, 15) is 5.11 Å². The van der Waals surface area contributed by atoms with Gasteiger partial charge in [-0.05, 0) is 50.2 Å². The molecule has 3 N–H and O–H groups in total. The van der Waals surface area contributed by atoms with Gasteiger partial charge < -0.3 is 15.7 Å². The van der Waals surface area contributed by atoms with Crippen LogP contribution in [-0.4, -0.2) is 51.9 Å². The molecular formula is C21H35IN6O. The molecule has 29 heavy (non-hydrogen) atoms. The zero-order valence-electron chi connectivity index (χ0n) is 17.4. The van der Waals surface area contributed by atoms with Crippen LogP contribution in [0.3, 0.4) is 0 Å². The van der Waals surface area contributed by atoms with Crippen LogP contribution < -0.4 is 10.6 Å². The SMILES string of the molecule is CCNC(=NCC1(CCO)CCCCC1)NCCCc1nnc2ccccn12.I. The van der Waals surface area contributed by atoms with Crippen molar-refractivity contribution in [3.05, 3.63) is 30.2 Å². The monoisotopic (exact) mass is 514 g/mol. The molecule has 0 radical (unpaired) electrons. The zero-order valence-corrected chi connectivity index (χ0v) is 19.8. The summed E-state index contributed by atoms with van der Waals surface area (Å²) < 4.78 is 2.04. The van der Waals surface area contributed by atoms with E-state index in [1.807, 2.05) is 28.8 Å². The van der Waals surface area contributed by atoms with Gasteiger partial charge in [-0.1, -0.05) is 25.3 Å². The summed E-state index contributed by atoms with van der Waals surface area (Å²) in [6, 6.07) is 5.95. The van der Waals surface area contributed by atoms with Crippen molar-refractivity contribution in [2.75, 3.05) is 26.2 Å². The Morgan fingerprint density at radius 2 is 2.03 bits per heavy atom. The van der Waals surface area contributed by atoms with Crippen molar-refractivity contribution in [3.8, 4) is 0 Å². The molecule has 0 atom stereocenters. The highest BCUT2D eigenvalue weighted by molar-refractivity contribution is 14.0. The molecule has 2 aromatic heterocycles. The highest BCUT2D eigenvalue weighted by atomic mass is 127. The van der Waals surface area contributed by atoms with Gasteiger partial charge in [-0.15, -0.1) is 34.2 Å². The first kappa shape index (κ1) is 23.9. The number of aliphatic hydroxyl groups excluding tert-OH is 1. The van der Waals surface area contributed by atoms with Gasteiger partial charge in [-0.3, -0.25) is 9.39 Å². The van der Waals surface area contributed by atoms with Crippen LogP contribution >= 0.6 is 24.0 Å². The molecule has 2 aromatic rings. The number of nitrogens with zero attached hydrogens (tertiary/aromatic N) is 4. The van der Waals surface area contributed by atoms with Crippen molar-refractivity contribution in [2.24, 2.45) is 10.4 Å². The molecule has 0 aliphatic heterocycles. The number of pyridine rings is 1. The van der Waals surface area contributed by atoms with Crippen LogP contribution in [0.2, 0.25) is 0 Å². The lowest BCUT2D eigenvalue weighted by Gasteiger charge is -2.35. The Morgan fingerprint density at radius 3 is 2.79 bits per heavy atom. The van der Waals surface area contributed by atoms with Crippen molar-refractivity contribution in [2.45, 2.75) is 58.3 Å². The molecule has 0 unspecified atom stereocenters. The van der Waals surface area contributed by atoms with Gasteiger partial charge in [-0.25, -0.2) is 0 Å². The maximum atomic E-state index is 9.50. The average molecular weight is 514 g/mol. The number of hydrogen-bond acceptors (Lipinski definition) is 4. The molecule has 3 rings (SSSR count). The van der Waals surface area contributed by atoms with E-state index in [4.69, 9.17) is 4.99 Å². The lowest BCUT2D eigenvalue weighted by molar-refractivity contribution is 0.137. The van der Waals surface area contributed by atoms with Gasteiger partial charge in [0.2, 0.25) is 0 Å². The second kappa shape index (κ2) is 12.3. The van der Waals surface area contributed by atoms with Gasteiger partial charge in [0.15, 0.2) is 11.6 Å². The fourth-order valence-corrected chi connectivity index (χ4v) is 4.13. The lowest BCUT2D eigenvalue weighted by atomic mass is 9.72. The van der Waals surface area contributed by atoms with E-state index in [0.29, 0.717) is 0 Å². The summed E-state index contributed by atoms with van der Waals surface area (Å²) in [5.74, 6) is 1.86. The van der Waals surface area contributed by atoms with Crippen LogP contribution in [0.5, 0.6) is 0 Å². The minimum absolute atomic E-state index is 0. The highest BCUT2D eigenvalue weighted by Gasteiger charge is 2.31. The lowest BCUT2D eigenvalue weighted by Crippen LogP contribution is -2.39. The average Bonchev–Trinajstić information content (AvgIpc) is 3.13. The standard InChI is InChI=1S/C21H34N6O.HI/c1-2-22-20(24-17-21(13-16-28)11-5-3-6-12-21)23-14-8-10-19-26-25-18-9-4-7-15-27(18)19;/h4,7,9,15,28H,2-3,5-6,8,10-14,16-17H2,1H3,(H2,22,23,24);1H. The number of aryl methyl sites for hydroxylation is 1. The van der Waals surface area contributed by atoms with Gasteiger partial charge in [0, 0.05) is 38.9 Å². The molecule has 1 aliphatic rings. The van der Waals surface area contributed by atoms with Crippen molar-refractivity contribution >= 4 is 35.6 Å². The van der Waals surface area contributed by atoms with E-state index in [-0.39, 0.29) is 36.0 Å². The molecule has 0 aromatic carbocycles. The minimum Gasteiger partial charge on any atom is -0.396 e. The minimum atomic E-state index is 0. The maximum absolute atomic E-state index is 9.50. The van der Waals surface area contributed by atoms with Gasteiger partial charge >= 0.3 is 0 Å². The van der Waals surface area contributed by atoms with Crippen LogP contribution in [0, 0.1) is 5.41 Å². The molecule has 1 fully saturated rings. The number of rotatable bonds is 9. The molecular weight excluding hydrogens is 479 g/mol. The van der Waals surface area contributed by atoms with E-state index in [2.05, 4.69) is 27.8 Å². The summed E-state index contributed by atoms with van der Waals surface area (Å²) in [7, 11) is 0. The molecule has 1 saturated carbocycles. The first-order valence-electron chi connectivity index (χ1n) is 10.7. The number of halogens is 1. The van der Waals surface area contributed by atoms with Crippen molar-refractivity contribution in [1.29, 1.82) is 0 Å². The third-order valence-corrected chi connectivity index (χ3v) is 5.73. The van der Waals surface area contributed by atoms with Crippen LogP contribution in [0.1, 0.15) is 57.7 Å². The smallest absolute Gasteiger partial charge is 0.191 e. The molecule has 0 spiro atoms. The molecule has 0 bridgehead atoms. The second-order valence-electron chi connectivity index (χ2n) is 7.80. The summed E-state index contributed by atoms with van der Waals surface area (Å²) in [5, 5.41) is 24.8. The molecule has 8 heteroatoms. The Labute approximate surface area is 190 Å². The van der Waals surface area contributed by atoms with Gasteiger partial charge in [0.05, 0.1) is 0 Å². The molecule has 0 amide bonds. The molecule has 2 heterocycles. The molecule has 1 aliphatic carbocycles. The topological polar surface area (TPSA) is 86.8 Å². The quantitative estimate of drug-likeness (QED) is 0.207. The first-order valence-corrected chi connectivity index (χ1v) is 10.7. The summed E-state index contributed by atoms with van der Waals surface area (Å²) in [5.41, 5.74) is 1.07. The number of nitrogens with one attached hydrogen (secondary N) is 2. The van der Waals surface area contributed by atoms with Gasteiger partial charge in [0.1, 0.15) is 5.82 Å². The number of hydrogen-bond donors (Lipinski definition) is 3. The normalized spacial score (nSPS) is 16.4. The van der Waals surface area contributed by atoms with E-state index >= 15 is 0 Å². The first-order chi connectivity index (χ1) is 13.8. The number of fused-ring (bicyclic) bond motifs is 1. The fraction of sp³-hybridized carbons (Fsp3) is 0.667. The van der Waals surface area contributed by atoms with E-state index in [1.54, 1.807) is 0 Å². The number of guanidine groups is 1. The van der Waals surface area contributed by atoms with Crippen LogP contribution in [0.15, 0.2) is 29.4 Å². The third-order valence-electron chi connectivity index (χ3n) is 5.73. The Kier molecular flexibility index (Phi) is 10.1. The van der Waals surface area contributed by atoms with Crippen molar-refractivity contribution in [3.63, 3.8) is 0 Å². The Bertz CT molecular complexity index is 751. The van der Waals surface area contributed by atoms with E-state index < -0.39 is 0 Å². The summed E-state index contributed by atoms with van der Waals surface area (Å²) in [4.78, 5) is 4.86. The van der Waals surface area contributed by atoms with Crippen LogP contribution in [-0.2, 0) is 6.42 Å². The molecule has 162 valence electrons. The van der Waals surface area contributed by atoms with E-state index in [0.717, 1.165) is 56.3 Å². The molecule has 7 nitrogen and oxygen atoms in total. The Balaban J connectivity index is 0.00000300. The van der Waals surface area contributed by atoms with Crippen LogP contribution in [0.4, 0.5) is 0 Å². The summed E-state index contributed by atoms with van der Waals surface area (Å²) in [6.07, 6.45) is 10.9. The van der Waals surface area contributed by atoms with Crippen LogP contribution in [0.25, 0.3) is 5.65 Å². The summed E-state index contributed by atoms with van der Waals surface area (Å²) >= 11 is 0. The zero-order chi connectivity index (χ0) is 19.7. The number of aromatic nitrogens is 3. The second-order valence-corrected chi connectivity index (χ2v) is 7.80. The number of aliphatic hydroxyl groups is 1. The molecule has 0 saturated heterocycles. The highest BCUT2D eigenvalue weighted by Crippen LogP contribution is 2.39. The third kappa shape index (κ3) is 6.80. The maximum Gasteiger partial charge on any atom is 0.191 e. The predicted octanol–water partition coefficient (Wildman–Crippen LogP) is 3.17. The van der Waals surface area contributed by atoms with E-state index in [1.165, 1.54) is 32.1 Å². The Hall–Kier alpha value is -1.42. The van der Waals surface area contributed by atoms with Crippen molar-refractivity contribution < 1.29 is 5.11 Å². The summed E-state index contributed by atoms with van der Waals surface area (Å²) in [6.45, 7) is 4.81.